The van der Waals surface area contributed by atoms with Gasteiger partial charge in [0.1, 0.15) is 0 Å². The van der Waals surface area contributed by atoms with E-state index in [0.29, 0.717) is 4.83 Å². The van der Waals surface area contributed by atoms with Gasteiger partial charge in [0.15, 0.2) is 0 Å². The van der Waals surface area contributed by atoms with Gasteiger partial charge >= 0.3 is 0 Å². The highest BCUT2D eigenvalue weighted by Gasteiger charge is 2.26. The molecule has 4 heteroatoms. The molecular weight excluding hydrogens is 244 g/mol. The van der Waals surface area contributed by atoms with E-state index in [1.165, 1.54) is 0 Å². The standard InChI is InChI=1S/C10H19BrN2O/c1-7(2)9(12)10(14)13-5-3-8(11)4-6-13/h7-9H,3-6,12H2,1-2H3. The quantitative estimate of drug-likeness (QED) is 0.764. The van der Waals surface area contributed by atoms with Gasteiger partial charge in [-0.3, -0.25) is 4.79 Å². The van der Waals surface area contributed by atoms with Crippen LogP contribution in [0.1, 0.15) is 26.7 Å². The first-order valence-electron chi connectivity index (χ1n) is 5.20. The van der Waals surface area contributed by atoms with Gasteiger partial charge in [0.2, 0.25) is 5.91 Å². The zero-order valence-electron chi connectivity index (χ0n) is 8.87. The number of halogens is 1. The summed E-state index contributed by atoms with van der Waals surface area (Å²) >= 11 is 3.56. The first kappa shape index (κ1) is 12.0. The SMILES string of the molecule is CC(C)C(N)C(=O)N1CCC(Br)CC1. The fourth-order valence-electron chi connectivity index (χ4n) is 1.56. The van der Waals surface area contributed by atoms with Crippen LogP contribution in [-0.2, 0) is 4.79 Å². The molecule has 1 aliphatic rings. The number of carbonyl (C=O) groups excluding carboxylic acids is 1. The molecule has 0 saturated carbocycles. The molecule has 3 nitrogen and oxygen atoms in total. The number of carbonyl (C=O) groups is 1. The smallest absolute Gasteiger partial charge is 0.239 e. The topological polar surface area (TPSA) is 46.3 Å². The first-order valence-corrected chi connectivity index (χ1v) is 6.12. The Morgan fingerprint density at radius 1 is 1.43 bits per heavy atom. The van der Waals surface area contributed by atoms with Gasteiger partial charge in [0, 0.05) is 17.9 Å². The number of amides is 1. The van der Waals surface area contributed by atoms with Crippen molar-refractivity contribution >= 4 is 21.8 Å². The third-order valence-corrected chi connectivity index (χ3v) is 3.66. The van der Waals surface area contributed by atoms with Crippen LogP contribution in [0, 0.1) is 5.92 Å². The molecule has 1 unspecified atom stereocenters. The van der Waals surface area contributed by atoms with E-state index >= 15 is 0 Å². The lowest BCUT2D eigenvalue weighted by Gasteiger charge is -2.32. The second-order valence-corrected chi connectivity index (χ2v) is 5.56. The molecule has 1 atom stereocenters. The number of piperidine rings is 1. The lowest BCUT2D eigenvalue weighted by molar-refractivity contribution is -0.134. The number of alkyl halides is 1. The largest absolute Gasteiger partial charge is 0.341 e. The predicted molar refractivity (Wildman–Crippen MR) is 61.3 cm³/mol. The van der Waals surface area contributed by atoms with Crippen molar-refractivity contribution in [3.8, 4) is 0 Å². The summed E-state index contributed by atoms with van der Waals surface area (Å²) in [6.07, 6.45) is 2.08. The van der Waals surface area contributed by atoms with Crippen molar-refractivity contribution in [2.45, 2.75) is 37.6 Å². The summed E-state index contributed by atoms with van der Waals surface area (Å²) in [5.41, 5.74) is 5.82. The van der Waals surface area contributed by atoms with Crippen LogP contribution in [0.5, 0.6) is 0 Å². The number of nitrogens with zero attached hydrogens (tertiary/aromatic N) is 1. The van der Waals surface area contributed by atoms with Gasteiger partial charge in [-0.1, -0.05) is 29.8 Å². The minimum absolute atomic E-state index is 0.111. The van der Waals surface area contributed by atoms with Crippen molar-refractivity contribution in [1.29, 1.82) is 0 Å². The summed E-state index contributed by atoms with van der Waals surface area (Å²) in [7, 11) is 0. The maximum absolute atomic E-state index is 11.8. The van der Waals surface area contributed by atoms with Crippen LogP contribution in [0.3, 0.4) is 0 Å². The summed E-state index contributed by atoms with van der Waals surface area (Å²) in [6.45, 7) is 5.66. The van der Waals surface area contributed by atoms with E-state index in [4.69, 9.17) is 5.73 Å². The van der Waals surface area contributed by atoms with Crippen LogP contribution in [0.15, 0.2) is 0 Å². The Labute approximate surface area is 94.1 Å². The molecule has 0 spiro atoms. The minimum atomic E-state index is -0.332. The van der Waals surface area contributed by atoms with E-state index in [9.17, 15) is 4.79 Å². The van der Waals surface area contributed by atoms with Crippen molar-refractivity contribution in [2.75, 3.05) is 13.1 Å². The van der Waals surface area contributed by atoms with Crippen molar-refractivity contribution in [3.05, 3.63) is 0 Å². The highest BCUT2D eigenvalue weighted by Crippen LogP contribution is 2.18. The number of likely N-dealkylation sites (tertiary alicyclic amines) is 1. The molecule has 1 aliphatic heterocycles. The second kappa shape index (κ2) is 5.12. The number of nitrogens with two attached hydrogens (primary N) is 1. The van der Waals surface area contributed by atoms with Crippen molar-refractivity contribution in [3.63, 3.8) is 0 Å². The van der Waals surface area contributed by atoms with Gasteiger partial charge in [0.25, 0.3) is 0 Å². The van der Waals surface area contributed by atoms with E-state index in [2.05, 4.69) is 15.9 Å². The van der Waals surface area contributed by atoms with Crippen molar-refractivity contribution in [2.24, 2.45) is 11.7 Å². The van der Waals surface area contributed by atoms with E-state index in [1.807, 2.05) is 18.7 Å². The van der Waals surface area contributed by atoms with Gasteiger partial charge in [-0.25, -0.2) is 0 Å². The molecule has 0 radical (unpaired) electrons. The molecule has 1 amide bonds. The summed E-state index contributed by atoms with van der Waals surface area (Å²) < 4.78 is 0. The third kappa shape index (κ3) is 2.95. The summed E-state index contributed by atoms with van der Waals surface area (Å²) in [5.74, 6) is 0.337. The summed E-state index contributed by atoms with van der Waals surface area (Å²) in [6, 6.07) is -0.332. The van der Waals surface area contributed by atoms with Crippen LogP contribution in [0.25, 0.3) is 0 Å². The molecule has 1 rings (SSSR count). The molecular formula is C10H19BrN2O. The predicted octanol–water partition coefficient (Wildman–Crippen LogP) is 1.36. The zero-order chi connectivity index (χ0) is 10.7. The second-order valence-electron chi connectivity index (χ2n) is 4.27. The van der Waals surface area contributed by atoms with E-state index in [0.717, 1.165) is 25.9 Å². The average molecular weight is 263 g/mol. The minimum Gasteiger partial charge on any atom is -0.341 e. The normalized spacial score (nSPS) is 21.4. The Bertz CT molecular complexity index is 200. The molecule has 0 aliphatic carbocycles. The summed E-state index contributed by atoms with van der Waals surface area (Å²) in [5, 5.41) is 0. The highest BCUT2D eigenvalue weighted by molar-refractivity contribution is 9.09. The fraction of sp³-hybridized carbons (Fsp3) is 0.900. The lowest BCUT2D eigenvalue weighted by atomic mass is 10.0. The first-order chi connectivity index (χ1) is 6.52. The monoisotopic (exact) mass is 262 g/mol. The Hall–Kier alpha value is -0.0900. The van der Waals surface area contributed by atoms with Gasteiger partial charge in [0.05, 0.1) is 6.04 Å². The molecule has 14 heavy (non-hydrogen) atoms. The lowest BCUT2D eigenvalue weighted by Crippen LogP contribution is -2.49. The summed E-state index contributed by atoms with van der Waals surface area (Å²) in [4.78, 5) is 14.3. The van der Waals surface area contributed by atoms with Gasteiger partial charge in [-0.15, -0.1) is 0 Å². The number of hydrogen-bond donors (Lipinski definition) is 1. The maximum atomic E-state index is 11.8. The van der Waals surface area contributed by atoms with Crippen molar-refractivity contribution in [1.82, 2.24) is 4.90 Å². The van der Waals surface area contributed by atoms with Crippen molar-refractivity contribution < 1.29 is 4.79 Å². The van der Waals surface area contributed by atoms with Crippen LogP contribution >= 0.6 is 15.9 Å². The molecule has 1 fully saturated rings. The van der Waals surface area contributed by atoms with Gasteiger partial charge in [-0.05, 0) is 18.8 Å². The Morgan fingerprint density at radius 2 is 1.93 bits per heavy atom. The molecule has 0 bridgehead atoms. The number of rotatable bonds is 2. The molecule has 0 aromatic carbocycles. The Balaban J connectivity index is 2.45. The molecule has 1 saturated heterocycles. The fourth-order valence-corrected chi connectivity index (χ4v) is 1.97. The number of hydrogen-bond acceptors (Lipinski definition) is 2. The molecule has 2 N–H and O–H groups in total. The van der Waals surface area contributed by atoms with Crippen LogP contribution in [0.2, 0.25) is 0 Å². The Kier molecular flexibility index (Phi) is 4.38. The van der Waals surface area contributed by atoms with E-state index < -0.39 is 0 Å². The molecule has 0 aromatic rings. The van der Waals surface area contributed by atoms with Crippen LogP contribution in [-0.4, -0.2) is 34.8 Å². The highest BCUT2D eigenvalue weighted by atomic mass is 79.9. The third-order valence-electron chi connectivity index (χ3n) is 2.74. The molecule has 1 heterocycles. The van der Waals surface area contributed by atoms with Gasteiger partial charge in [-0.2, -0.15) is 0 Å². The zero-order valence-corrected chi connectivity index (χ0v) is 10.5. The van der Waals surface area contributed by atoms with E-state index in [-0.39, 0.29) is 17.9 Å². The average Bonchev–Trinajstić information content (AvgIpc) is 2.16. The van der Waals surface area contributed by atoms with Gasteiger partial charge < -0.3 is 10.6 Å². The Morgan fingerprint density at radius 3 is 2.36 bits per heavy atom. The maximum Gasteiger partial charge on any atom is 0.239 e. The van der Waals surface area contributed by atoms with E-state index in [1.54, 1.807) is 0 Å². The van der Waals surface area contributed by atoms with Crippen LogP contribution < -0.4 is 5.73 Å². The molecule has 82 valence electrons. The molecule has 0 aromatic heterocycles. The van der Waals surface area contributed by atoms with Crippen LogP contribution in [0.4, 0.5) is 0 Å².